The van der Waals surface area contributed by atoms with Crippen LogP contribution in [0.5, 0.6) is 0 Å². The lowest BCUT2D eigenvalue weighted by molar-refractivity contribution is 0.0696. The zero-order valence-corrected chi connectivity index (χ0v) is 9.55. The number of carboxylic acid groups (broad SMARTS) is 1. The summed E-state index contributed by atoms with van der Waals surface area (Å²) in [5, 5.41) is 8.68. The van der Waals surface area contributed by atoms with Crippen LogP contribution >= 0.6 is 11.6 Å². The van der Waals surface area contributed by atoms with Gasteiger partial charge in [0.15, 0.2) is 9.84 Å². The molecule has 0 heterocycles. The second-order valence-electron chi connectivity index (χ2n) is 2.91. The molecular weight excluding hydrogens is 252 g/mol. The van der Waals surface area contributed by atoms with Gasteiger partial charge in [-0.3, -0.25) is 0 Å². The van der Waals surface area contributed by atoms with Crippen LogP contribution in [-0.4, -0.2) is 25.2 Å². The van der Waals surface area contributed by atoms with Crippen LogP contribution in [0.15, 0.2) is 23.1 Å². The first-order chi connectivity index (χ1) is 7.38. The Morgan fingerprint density at radius 2 is 2.12 bits per heavy atom. The molecule has 0 atom stereocenters. The number of hydrogen-bond donors (Lipinski definition) is 1. The maximum Gasteiger partial charge on any atom is 0.335 e. The lowest BCUT2D eigenvalue weighted by Crippen LogP contribution is -2.07. The fourth-order valence-corrected chi connectivity index (χ4v) is 2.58. The molecule has 0 aliphatic rings. The van der Waals surface area contributed by atoms with Gasteiger partial charge in [0, 0.05) is 0 Å². The van der Waals surface area contributed by atoms with Gasteiger partial charge in [-0.1, -0.05) is 17.5 Å². The number of halogens is 1. The number of sulfone groups is 1. The average Bonchev–Trinajstić information content (AvgIpc) is 2.17. The van der Waals surface area contributed by atoms with Crippen molar-refractivity contribution in [2.45, 2.75) is 4.90 Å². The zero-order chi connectivity index (χ0) is 12.3. The number of carbonyl (C=O) groups is 1. The Hall–Kier alpha value is -1.51. The van der Waals surface area contributed by atoms with Gasteiger partial charge in [0.1, 0.15) is 5.75 Å². The smallest absolute Gasteiger partial charge is 0.335 e. The van der Waals surface area contributed by atoms with Crippen molar-refractivity contribution in [3.05, 3.63) is 28.8 Å². The van der Waals surface area contributed by atoms with Gasteiger partial charge in [0.05, 0.1) is 15.5 Å². The Morgan fingerprint density at radius 1 is 1.50 bits per heavy atom. The molecule has 4 nitrogen and oxygen atoms in total. The first-order valence-electron chi connectivity index (χ1n) is 4.07. The maximum absolute atomic E-state index is 11.6. The molecule has 0 aliphatic heterocycles. The zero-order valence-electron chi connectivity index (χ0n) is 7.97. The topological polar surface area (TPSA) is 71.4 Å². The van der Waals surface area contributed by atoms with E-state index in [4.69, 9.17) is 23.1 Å². The van der Waals surface area contributed by atoms with Crippen molar-refractivity contribution >= 4 is 27.4 Å². The van der Waals surface area contributed by atoms with Gasteiger partial charge in [-0.05, 0) is 18.2 Å². The maximum atomic E-state index is 11.6. The monoisotopic (exact) mass is 258 g/mol. The Bertz CT molecular complexity index is 569. The Labute approximate surface area is 97.8 Å². The van der Waals surface area contributed by atoms with E-state index in [2.05, 4.69) is 0 Å². The van der Waals surface area contributed by atoms with E-state index >= 15 is 0 Å². The highest BCUT2D eigenvalue weighted by atomic mass is 35.5. The van der Waals surface area contributed by atoms with Crippen LogP contribution in [0.25, 0.3) is 0 Å². The molecule has 0 bridgehead atoms. The van der Waals surface area contributed by atoms with Crippen LogP contribution < -0.4 is 0 Å². The SMILES string of the molecule is C#CCS(=O)(=O)c1cc(C(=O)O)ccc1Cl. The highest BCUT2D eigenvalue weighted by Crippen LogP contribution is 2.23. The van der Waals surface area contributed by atoms with Crippen molar-refractivity contribution in [2.75, 3.05) is 5.75 Å². The van der Waals surface area contributed by atoms with Crippen LogP contribution in [0.1, 0.15) is 10.4 Å². The van der Waals surface area contributed by atoms with Crippen molar-refractivity contribution < 1.29 is 18.3 Å². The third-order valence-electron chi connectivity index (χ3n) is 1.79. The van der Waals surface area contributed by atoms with E-state index in [1.807, 2.05) is 5.92 Å². The summed E-state index contributed by atoms with van der Waals surface area (Å²) in [4.78, 5) is 10.4. The number of terminal acetylenes is 1. The molecule has 0 saturated carbocycles. The molecule has 0 fully saturated rings. The molecule has 1 aromatic rings. The number of benzene rings is 1. The summed E-state index contributed by atoms with van der Waals surface area (Å²) in [7, 11) is -3.73. The average molecular weight is 259 g/mol. The summed E-state index contributed by atoms with van der Waals surface area (Å²) in [5.41, 5.74) is -0.153. The first kappa shape index (κ1) is 12.6. The highest BCUT2D eigenvalue weighted by molar-refractivity contribution is 7.91. The van der Waals surface area contributed by atoms with Gasteiger partial charge in [-0.25, -0.2) is 13.2 Å². The summed E-state index contributed by atoms with van der Waals surface area (Å²) in [6.45, 7) is 0. The van der Waals surface area contributed by atoms with Crippen molar-refractivity contribution in [2.24, 2.45) is 0 Å². The fraction of sp³-hybridized carbons (Fsp3) is 0.100. The summed E-state index contributed by atoms with van der Waals surface area (Å²) in [6, 6.07) is 3.44. The van der Waals surface area contributed by atoms with Gasteiger partial charge in [-0.15, -0.1) is 6.42 Å². The normalized spacial score (nSPS) is 10.8. The third-order valence-corrected chi connectivity index (χ3v) is 3.78. The highest BCUT2D eigenvalue weighted by Gasteiger charge is 2.18. The molecule has 0 aliphatic carbocycles. The summed E-state index contributed by atoms with van der Waals surface area (Å²) >= 11 is 5.68. The van der Waals surface area contributed by atoms with E-state index < -0.39 is 21.6 Å². The second kappa shape index (κ2) is 4.56. The Balaban J connectivity index is 3.40. The first-order valence-corrected chi connectivity index (χ1v) is 6.10. The Morgan fingerprint density at radius 3 is 2.62 bits per heavy atom. The van der Waals surface area contributed by atoms with Crippen molar-refractivity contribution in [3.8, 4) is 12.3 Å². The minimum absolute atomic E-state index is 0.0414. The molecule has 6 heteroatoms. The molecule has 1 N–H and O–H groups in total. The van der Waals surface area contributed by atoms with Gasteiger partial charge in [0.2, 0.25) is 0 Å². The lowest BCUT2D eigenvalue weighted by Gasteiger charge is -2.04. The standard InChI is InChI=1S/C10H7ClO4S/c1-2-5-16(14,15)9-6-7(10(12)13)3-4-8(9)11/h1,3-4,6H,5H2,(H,12,13). The van der Waals surface area contributed by atoms with Gasteiger partial charge in [0.25, 0.3) is 0 Å². The largest absolute Gasteiger partial charge is 0.478 e. The molecule has 0 unspecified atom stereocenters. The molecule has 1 aromatic carbocycles. The molecule has 1 rings (SSSR count). The molecule has 0 amide bonds. The summed E-state index contributed by atoms with van der Waals surface area (Å²) < 4.78 is 23.2. The molecule has 0 aromatic heterocycles. The minimum Gasteiger partial charge on any atom is -0.478 e. The number of carboxylic acids is 1. The summed E-state index contributed by atoms with van der Waals surface area (Å²) in [5.74, 6) is 0.242. The van der Waals surface area contributed by atoms with Gasteiger partial charge >= 0.3 is 5.97 Å². The van der Waals surface area contributed by atoms with Crippen LogP contribution in [0, 0.1) is 12.3 Å². The van der Waals surface area contributed by atoms with Crippen LogP contribution in [0.2, 0.25) is 5.02 Å². The Kier molecular flexibility index (Phi) is 3.58. The fourth-order valence-electron chi connectivity index (χ4n) is 1.06. The van der Waals surface area contributed by atoms with Crippen molar-refractivity contribution in [1.82, 2.24) is 0 Å². The second-order valence-corrected chi connectivity index (χ2v) is 5.28. The van der Waals surface area contributed by atoms with E-state index in [-0.39, 0.29) is 15.5 Å². The predicted molar refractivity (Wildman–Crippen MR) is 59.3 cm³/mol. The number of aromatic carboxylic acids is 1. The van der Waals surface area contributed by atoms with Crippen LogP contribution in [0.3, 0.4) is 0 Å². The summed E-state index contributed by atoms with van der Waals surface area (Å²) in [6.07, 6.45) is 4.91. The third kappa shape index (κ3) is 2.54. The lowest BCUT2D eigenvalue weighted by atomic mass is 10.2. The van der Waals surface area contributed by atoms with Crippen LogP contribution in [-0.2, 0) is 9.84 Å². The molecular formula is C10H7ClO4S. The van der Waals surface area contributed by atoms with Crippen molar-refractivity contribution in [1.29, 1.82) is 0 Å². The van der Waals surface area contributed by atoms with Gasteiger partial charge in [-0.2, -0.15) is 0 Å². The van der Waals surface area contributed by atoms with E-state index in [1.54, 1.807) is 0 Å². The minimum atomic E-state index is -3.73. The van der Waals surface area contributed by atoms with E-state index in [9.17, 15) is 13.2 Å². The van der Waals surface area contributed by atoms with E-state index in [0.717, 1.165) is 6.07 Å². The van der Waals surface area contributed by atoms with E-state index in [1.165, 1.54) is 12.1 Å². The molecule has 0 spiro atoms. The molecule has 0 saturated heterocycles. The van der Waals surface area contributed by atoms with E-state index in [0.29, 0.717) is 0 Å². The quantitative estimate of drug-likeness (QED) is 0.833. The molecule has 16 heavy (non-hydrogen) atoms. The number of rotatable bonds is 3. The molecule has 0 radical (unpaired) electrons. The molecule has 84 valence electrons. The number of hydrogen-bond acceptors (Lipinski definition) is 3. The van der Waals surface area contributed by atoms with Crippen LogP contribution in [0.4, 0.5) is 0 Å². The van der Waals surface area contributed by atoms with Crippen molar-refractivity contribution in [3.63, 3.8) is 0 Å². The van der Waals surface area contributed by atoms with Gasteiger partial charge < -0.3 is 5.11 Å². The predicted octanol–water partition coefficient (Wildman–Crippen LogP) is 1.45.